The smallest absolute Gasteiger partial charge is 0.325 e. The largest absolute Gasteiger partial charge is 0.496 e. The van der Waals surface area contributed by atoms with Crippen molar-refractivity contribution >= 4 is 11.9 Å². The highest BCUT2D eigenvalue weighted by atomic mass is 19.1. The summed E-state index contributed by atoms with van der Waals surface area (Å²) in [5.41, 5.74) is 0.863. The molecule has 6 heteroatoms. The molecule has 2 aromatic carbocycles. The summed E-state index contributed by atoms with van der Waals surface area (Å²) in [5, 5.41) is 2.38. The number of para-hydroxylation sites is 1. The minimum Gasteiger partial charge on any atom is -0.496 e. The van der Waals surface area contributed by atoms with Crippen LogP contribution in [-0.4, -0.2) is 25.5 Å². The van der Waals surface area contributed by atoms with Gasteiger partial charge in [-0.05, 0) is 24.3 Å². The topological polar surface area (TPSA) is 64.6 Å². The molecule has 0 fully saturated rings. The summed E-state index contributed by atoms with van der Waals surface area (Å²) in [6.07, 6.45) is 0. The van der Waals surface area contributed by atoms with Gasteiger partial charge in [0.2, 0.25) is 0 Å². The molecule has 23 heavy (non-hydrogen) atoms. The number of benzene rings is 2. The van der Waals surface area contributed by atoms with E-state index in [2.05, 4.69) is 5.32 Å². The van der Waals surface area contributed by atoms with Crippen LogP contribution in [0.4, 0.5) is 4.39 Å². The molecule has 0 aliphatic heterocycles. The molecule has 2 aromatic rings. The number of hydrogen-bond donors (Lipinski definition) is 1. The Morgan fingerprint density at radius 1 is 1.13 bits per heavy atom. The van der Waals surface area contributed by atoms with Gasteiger partial charge in [0.05, 0.1) is 7.11 Å². The van der Waals surface area contributed by atoms with Gasteiger partial charge in [0.15, 0.2) is 0 Å². The Kier molecular flexibility index (Phi) is 5.68. The lowest BCUT2D eigenvalue weighted by molar-refractivity contribution is -0.143. The van der Waals surface area contributed by atoms with E-state index < -0.39 is 17.7 Å². The van der Waals surface area contributed by atoms with Gasteiger partial charge in [-0.2, -0.15) is 0 Å². The SMILES string of the molecule is COc1ccccc1COC(=O)CNC(=O)c1cccc(F)c1. The third-order valence-electron chi connectivity index (χ3n) is 3.06. The van der Waals surface area contributed by atoms with Crippen molar-refractivity contribution < 1.29 is 23.5 Å². The fourth-order valence-corrected chi connectivity index (χ4v) is 1.92. The third kappa shape index (κ3) is 4.81. The number of halogens is 1. The summed E-state index contributed by atoms with van der Waals surface area (Å²) in [4.78, 5) is 23.4. The summed E-state index contributed by atoms with van der Waals surface area (Å²) in [6, 6.07) is 12.4. The molecule has 0 atom stereocenters. The molecule has 0 saturated heterocycles. The number of nitrogens with one attached hydrogen (secondary N) is 1. The second-order valence-electron chi connectivity index (χ2n) is 4.67. The molecular formula is C17H16FNO4. The van der Waals surface area contributed by atoms with Crippen LogP contribution in [0.5, 0.6) is 5.75 Å². The van der Waals surface area contributed by atoms with Crippen molar-refractivity contribution in [2.45, 2.75) is 6.61 Å². The molecule has 2 rings (SSSR count). The van der Waals surface area contributed by atoms with Gasteiger partial charge in [-0.1, -0.05) is 24.3 Å². The van der Waals surface area contributed by atoms with Crippen molar-refractivity contribution in [2.75, 3.05) is 13.7 Å². The highest BCUT2D eigenvalue weighted by Crippen LogP contribution is 2.17. The fourth-order valence-electron chi connectivity index (χ4n) is 1.92. The molecule has 0 heterocycles. The lowest BCUT2D eigenvalue weighted by Crippen LogP contribution is -2.30. The van der Waals surface area contributed by atoms with Crippen molar-refractivity contribution in [3.05, 3.63) is 65.5 Å². The van der Waals surface area contributed by atoms with E-state index in [-0.39, 0.29) is 18.7 Å². The van der Waals surface area contributed by atoms with Gasteiger partial charge in [0.1, 0.15) is 24.7 Å². The van der Waals surface area contributed by atoms with E-state index in [0.717, 1.165) is 11.6 Å². The fraction of sp³-hybridized carbons (Fsp3) is 0.176. The monoisotopic (exact) mass is 317 g/mol. The Morgan fingerprint density at radius 2 is 1.91 bits per heavy atom. The molecule has 0 spiro atoms. The molecule has 0 aliphatic carbocycles. The van der Waals surface area contributed by atoms with E-state index in [1.54, 1.807) is 18.2 Å². The van der Waals surface area contributed by atoms with Gasteiger partial charge in [0.25, 0.3) is 5.91 Å². The van der Waals surface area contributed by atoms with Gasteiger partial charge in [-0.3, -0.25) is 9.59 Å². The van der Waals surface area contributed by atoms with Crippen LogP contribution >= 0.6 is 0 Å². The van der Waals surface area contributed by atoms with Crippen molar-refractivity contribution in [1.29, 1.82) is 0 Å². The highest BCUT2D eigenvalue weighted by Gasteiger charge is 2.10. The van der Waals surface area contributed by atoms with Crippen LogP contribution in [0.15, 0.2) is 48.5 Å². The summed E-state index contributed by atoms with van der Waals surface area (Å²) < 4.78 is 23.2. The molecule has 5 nitrogen and oxygen atoms in total. The van der Waals surface area contributed by atoms with Gasteiger partial charge in [0, 0.05) is 11.1 Å². The first-order valence-electron chi connectivity index (χ1n) is 6.91. The van der Waals surface area contributed by atoms with E-state index in [0.29, 0.717) is 5.75 Å². The third-order valence-corrected chi connectivity index (χ3v) is 3.06. The predicted molar refractivity (Wildman–Crippen MR) is 81.5 cm³/mol. The molecule has 120 valence electrons. The second-order valence-corrected chi connectivity index (χ2v) is 4.67. The zero-order valence-corrected chi connectivity index (χ0v) is 12.5. The van der Waals surface area contributed by atoms with Crippen LogP contribution in [0, 0.1) is 5.82 Å². The minimum absolute atomic E-state index is 0.0404. The molecule has 1 amide bonds. The number of carbonyl (C=O) groups is 2. The van der Waals surface area contributed by atoms with E-state index in [1.807, 2.05) is 6.07 Å². The maximum atomic E-state index is 13.0. The summed E-state index contributed by atoms with van der Waals surface area (Å²) in [7, 11) is 1.53. The Labute approximate surface area is 133 Å². The molecule has 0 bridgehead atoms. The highest BCUT2D eigenvalue weighted by molar-refractivity contribution is 5.95. The molecule has 0 aromatic heterocycles. The lowest BCUT2D eigenvalue weighted by Gasteiger charge is -2.09. The second kappa shape index (κ2) is 7.93. The van der Waals surface area contributed by atoms with E-state index in [9.17, 15) is 14.0 Å². The summed E-state index contributed by atoms with van der Waals surface area (Å²) >= 11 is 0. The number of esters is 1. The standard InChI is InChI=1S/C17H16FNO4/c1-22-15-8-3-2-5-13(15)11-23-16(20)10-19-17(21)12-6-4-7-14(18)9-12/h2-9H,10-11H2,1H3,(H,19,21). The van der Waals surface area contributed by atoms with Gasteiger partial charge >= 0.3 is 5.97 Å². The van der Waals surface area contributed by atoms with Crippen molar-refractivity contribution in [2.24, 2.45) is 0 Å². The van der Waals surface area contributed by atoms with Gasteiger partial charge in [-0.15, -0.1) is 0 Å². The van der Waals surface area contributed by atoms with Crippen LogP contribution in [0.2, 0.25) is 0 Å². The van der Waals surface area contributed by atoms with Crippen LogP contribution in [0.25, 0.3) is 0 Å². The van der Waals surface area contributed by atoms with Gasteiger partial charge in [-0.25, -0.2) is 4.39 Å². The predicted octanol–water partition coefficient (Wildman–Crippen LogP) is 2.31. The zero-order chi connectivity index (χ0) is 16.7. The molecular weight excluding hydrogens is 301 g/mol. The summed E-state index contributed by atoms with van der Waals surface area (Å²) in [6.45, 7) is -0.261. The Bertz CT molecular complexity index is 702. The Morgan fingerprint density at radius 3 is 2.65 bits per heavy atom. The quantitative estimate of drug-likeness (QED) is 0.830. The van der Waals surface area contributed by atoms with Gasteiger partial charge < -0.3 is 14.8 Å². The maximum absolute atomic E-state index is 13.0. The van der Waals surface area contributed by atoms with Crippen molar-refractivity contribution in [1.82, 2.24) is 5.32 Å². The number of amides is 1. The molecule has 0 saturated carbocycles. The van der Waals surface area contributed by atoms with E-state index in [4.69, 9.17) is 9.47 Å². The first kappa shape index (κ1) is 16.5. The van der Waals surface area contributed by atoms with Crippen LogP contribution in [-0.2, 0) is 16.1 Å². The average Bonchev–Trinajstić information content (AvgIpc) is 2.58. The Hall–Kier alpha value is -2.89. The van der Waals surface area contributed by atoms with Crippen molar-refractivity contribution in [3.8, 4) is 5.75 Å². The molecule has 1 N–H and O–H groups in total. The van der Waals surface area contributed by atoms with Crippen LogP contribution < -0.4 is 10.1 Å². The number of methoxy groups -OCH3 is 1. The molecule has 0 unspecified atom stereocenters. The first-order valence-corrected chi connectivity index (χ1v) is 6.91. The van der Waals surface area contributed by atoms with E-state index >= 15 is 0 Å². The average molecular weight is 317 g/mol. The van der Waals surface area contributed by atoms with Crippen LogP contribution in [0.1, 0.15) is 15.9 Å². The van der Waals surface area contributed by atoms with Crippen molar-refractivity contribution in [3.63, 3.8) is 0 Å². The number of hydrogen-bond acceptors (Lipinski definition) is 4. The number of carbonyl (C=O) groups excluding carboxylic acids is 2. The zero-order valence-electron chi connectivity index (χ0n) is 12.5. The normalized spacial score (nSPS) is 10.0. The first-order chi connectivity index (χ1) is 11.1. The van der Waals surface area contributed by atoms with Crippen LogP contribution in [0.3, 0.4) is 0 Å². The maximum Gasteiger partial charge on any atom is 0.325 e. The summed E-state index contributed by atoms with van der Waals surface area (Å²) in [5.74, 6) is -1.04. The number of ether oxygens (including phenoxy) is 2. The lowest BCUT2D eigenvalue weighted by atomic mass is 10.2. The van der Waals surface area contributed by atoms with E-state index in [1.165, 1.54) is 25.3 Å². The minimum atomic E-state index is -0.597. The molecule has 0 radical (unpaired) electrons. The molecule has 0 aliphatic rings. The number of rotatable bonds is 6. The Balaban J connectivity index is 1.82.